The maximum atomic E-state index is 12.9. The Labute approximate surface area is 201 Å². The van der Waals surface area contributed by atoms with E-state index in [9.17, 15) is 28.8 Å². The summed E-state index contributed by atoms with van der Waals surface area (Å²) in [7, 11) is 0. The summed E-state index contributed by atoms with van der Waals surface area (Å²) in [6, 6.07) is 0. The number of nitrogens with zero attached hydrogens (tertiary/aromatic N) is 2. The summed E-state index contributed by atoms with van der Waals surface area (Å²) in [5.74, 6) is -6.57. The summed E-state index contributed by atoms with van der Waals surface area (Å²) >= 11 is 0. The molecular formula is C21H30N2O12. The summed E-state index contributed by atoms with van der Waals surface area (Å²) in [5.41, 5.74) is -5.16. The third-order valence-corrected chi connectivity index (χ3v) is 6.91. The number of rotatable bonds is 10. The predicted octanol–water partition coefficient (Wildman–Crippen LogP) is 1.79. The van der Waals surface area contributed by atoms with Crippen molar-refractivity contribution in [3.63, 3.8) is 0 Å². The van der Waals surface area contributed by atoms with Crippen LogP contribution in [0.15, 0.2) is 0 Å². The van der Waals surface area contributed by atoms with Gasteiger partial charge in [-0.1, -0.05) is 41.5 Å². The lowest BCUT2D eigenvalue weighted by Gasteiger charge is -2.36. The highest BCUT2D eigenvalue weighted by Crippen LogP contribution is 2.37. The minimum absolute atomic E-state index is 0.0677. The molecule has 0 atom stereocenters. The first-order valence-electron chi connectivity index (χ1n) is 11.4. The fraction of sp³-hybridized carbons (Fsp3) is 0.714. The van der Waals surface area contributed by atoms with Crippen LogP contribution in [0.25, 0.3) is 0 Å². The van der Waals surface area contributed by atoms with Crippen LogP contribution in [0.1, 0.15) is 80.1 Å². The highest BCUT2D eigenvalue weighted by molar-refractivity contribution is 6.02. The predicted molar refractivity (Wildman–Crippen MR) is 109 cm³/mol. The highest BCUT2D eigenvalue weighted by Gasteiger charge is 2.57. The van der Waals surface area contributed by atoms with Crippen molar-refractivity contribution in [3.8, 4) is 0 Å². The van der Waals surface area contributed by atoms with E-state index in [1.807, 2.05) is 0 Å². The van der Waals surface area contributed by atoms with Gasteiger partial charge >= 0.3 is 35.8 Å². The van der Waals surface area contributed by atoms with E-state index in [-0.39, 0.29) is 49.3 Å². The molecule has 2 aliphatic heterocycles. The van der Waals surface area contributed by atoms with E-state index in [1.54, 1.807) is 27.7 Å². The molecule has 35 heavy (non-hydrogen) atoms. The first kappa shape index (κ1) is 28.0. The Balaban J connectivity index is 2.16. The van der Waals surface area contributed by atoms with Gasteiger partial charge in [0.2, 0.25) is 10.8 Å². The van der Waals surface area contributed by atoms with Gasteiger partial charge in [-0.15, -0.1) is 0 Å². The average Bonchev–Trinajstić information content (AvgIpc) is 2.81. The van der Waals surface area contributed by atoms with Gasteiger partial charge in [0.1, 0.15) is 0 Å². The van der Waals surface area contributed by atoms with Gasteiger partial charge in [0.15, 0.2) is 16.2 Å². The van der Waals surface area contributed by atoms with Crippen molar-refractivity contribution in [3.05, 3.63) is 0 Å². The molecule has 0 aromatic carbocycles. The van der Waals surface area contributed by atoms with Gasteiger partial charge in [-0.3, -0.25) is 29.0 Å². The van der Waals surface area contributed by atoms with Gasteiger partial charge < -0.3 is 0 Å². The molecule has 0 N–H and O–H groups in total. The molecule has 2 saturated heterocycles. The Morgan fingerprint density at radius 2 is 0.886 bits per heavy atom. The molecule has 0 amide bonds. The molecule has 2 fully saturated rings. The molecule has 0 saturated carbocycles. The van der Waals surface area contributed by atoms with Crippen LogP contribution in [0.5, 0.6) is 0 Å². The Bertz CT molecular complexity index is 781. The van der Waals surface area contributed by atoms with Crippen LogP contribution in [-0.4, -0.2) is 46.6 Å². The van der Waals surface area contributed by atoms with Gasteiger partial charge in [-0.2, -0.15) is 0 Å². The molecule has 2 aliphatic rings. The zero-order chi connectivity index (χ0) is 26.6. The Morgan fingerprint density at radius 1 is 0.629 bits per heavy atom. The summed E-state index contributed by atoms with van der Waals surface area (Å²) in [6.45, 7) is 9.27. The number of carbonyl (C=O) groups is 6. The van der Waals surface area contributed by atoms with Gasteiger partial charge in [-0.05, 0) is 38.5 Å². The van der Waals surface area contributed by atoms with Crippen LogP contribution in [-0.2, 0) is 57.8 Å². The van der Waals surface area contributed by atoms with Crippen molar-refractivity contribution in [2.24, 2.45) is 16.2 Å². The van der Waals surface area contributed by atoms with Crippen LogP contribution in [0.3, 0.4) is 0 Å². The maximum Gasteiger partial charge on any atom is 0.350 e. The van der Waals surface area contributed by atoms with E-state index in [0.29, 0.717) is 0 Å². The average molecular weight is 502 g/mol. The van der Waals surface area contributed by atoms with E-state index in [0.717, 1.165) is 0 Å². The Morgan fingerprint density at radius 3 is 1.09 bits per heavy atom. The highest BCUT2D eigenvalue weighted by atomic mass is 17.2. The molecule has 2 heterocycles. The fourth-order valence-corrected chi connectivity index (χ4v) is 3.77. The van der Waals surface area contributed by atoms with Crippen LogP contribution >= 0.6 is 0 Å². The topological polar surface area (TPSA) is 164 Å². The second-order valence-corrected chi connectivity index (χ2v) is 8.09. The van der Waals surface area contributed by atoms with Crippen molar-refractivity contribution < 1.29 is 57.8 Å². The molecule has 0 bridgehead atoms. The lowest BCUT2D eigenvalue weighted by atomic mass is 9.82. The van der Waals surface area contributed by atoms with Gasteiger partial charge in [0, 0.05) is 0 Å². The molecule has 0 aromatic heterocycles. The third kappa shape index (κ3) is 4.55. The maximum absolute atomic E-state index is 12.9. The van der Waals surface area contributed by atoms with E-state index in [1.165, 1.54) is 13.8 Å². The summed E-state index contributed by atoms with van der Waals surface area (Å²) in [6.07, 6.45) is -0.0360. The van der Waals surface area contributed by atoms with Crippen LogP contribution in [0.4, 0.5) is 0 Å². The Hall–Kier alpha value is -3.26. The first-order valence-corrected chi connectivity index (χ1v) is 11.4. The molecule has 2 rings (SSSR count). The lowest BCUT2D eigenvalue weighted by Crippen LogP contribution is -2.55. The van der Waals surface area contributed by atoms with Crippen molar-refractivity contribution in [1.29, 1.82) is 0 Å². The summed E-state index contributed by atoms with van der Waals surface area (Å²) in [5, 5.41) is -0.135. The van der Waals surface area contributed by atoms with Crippen LogP contribution in [0.2, 0.25) is 0 Å². The second-order valence-electron chi connectivity index (χ2n) is 8.09. The minimum atomic E-state index is -2.05. The van der Waals surface area contributed by atoms with E-state index < -0.39 is 52.1 Å². The Kier molecular flexibility index (Phi) is 8.44. The fourth-order valence-electron chi connectivity index (χ4n) is 3.77. The normalized spacial score (nSPS) is 20.3. The number of carbonyl (C=O) groups excluding carboxylic acids is 6. The van der Waals surface area contributed by atoms with E-state index in [4.69, 9.17) is 29.0 Å². The second kappa shape index (κ2) is 10.6. The van der Waals surface area contributed by atoms with Crippen molar-refractivity contribution in [1.82, 2.24) is 10.8 Å². The largest absolute Gasteiger partial charge is 0.350 e. The molecule has 0 aromatic rings. The smallest absolute Gasteiger partial charge is 0.299 e. The monoisotopic (exact) mass is 502 g/mol. The van der Waals surface area contributed by atoms with Gasteiger partial charge in [-0.25, -0.2) is 28.8 Å². The van der Waals surface area contributed by atoms with Crippen molar-refractivity contribution in [2.75, 3.05) is 0 Å². The molecule has 14 nitrogen and oxygen atoms in total. The van der Waals surface area contributed by atoms with Gasteiger partial charge in [0.25, 0.3) is 0 Å². The van der Waals surface area contributed by atoms with E-state index >= 15 is 0 Å². The molecule has 0 aliphatic carbocycles. The molecule has 196 valence electrons. The molecule has 0 radical (unpaired) electrons. The lowest BCUT2D eigenvalue weighted by molar-refractivity contribution is -0.484. The molecule has 14 heteroatoms. The zero-order valence-electron chi connectivity index (χ0n) is 20.5. The molecule has 0 spiro atoms. The van der Waals surface area contributed by atoms with Crippen LogP contribution in [0, 0.1) is 16.2 Å². The molecular weight excluding hydrogens is 472 g/mol. The molecule has 0 unspecified atom stereocenters. The van der Waals surface area contributed by atoms with Gasteiger partial charge in [0.05, 0.1) is 0 Å². The summed E-state index contributed by atoms with van der Waals surface area (Å²) < 4.78 is 0. The minimum Gasteiger partial charge on any atom is -0.299 e. The quantitative estimate of drug-likeness (QED) is 0.397. The van der Waals surface area contributed by atoms with Crippen molar-refractivity contribution >= 4 is 35.8 Å². The number of hydrogen-bond acceptors (Lipinski definition) is 14. The first-order chi connectivity index (χ1) is 16.5. The third-order valence-electron chi connectivity index (χ3n) is 6.91. The standard InChI is InChI=1S/C21H30N2O12/c1-7-19(8-2,13(24)30-22-32-15(26)20(9-3,10-4)16(27)33-22)14(25)31-23-34-17(28)21(11-5,12-6)18(29)35-23/h7-12H2,1-6H3. The zero-order valence-corrected chi connectivity index (χ0v) is 20.5. The SMILES string of the molecule is CCC1(CC)C(=O)ON(OC(=O)C(CC)(CC)C(=O)ON2OC(=O)C(CC)(CC)C(=O)O2)OC1=O. The summed E-state index contributed by atoms with van der Waals surface area (Å²) in [4.78, 5) is 104. The van der Waals surface area contributed by atoms with Crippen LogP contribution < -0.4 is 0 Å². The number of hydrogen-bond donors (Lipinski definition) is 0. The van der Waals surface area contributed by atoms with Crippen molar-refractivity contribution in [2.45, 2.75) is 80.1 Å². The van der Waals surface area contributed by atoms with E-state index in [2.05, 4.69) is 0 Å².